The van der Waals surface area contributed by atoms with Gasteiger partial charge in [0.15, 0.2) is 11.5 Å². The third kappa shape index (κ3) is 2.79. The van der Waals surface area contributed by atoms with Gasteiger partial charge in [0.25, 0.3) is 5.91 Å². The Labute approximate surface area is 135 Å². The van der Waals surface area contributed by atoms with Gasteiger partial charge in [0.2, 0.25) is 0 Å². The molecule has 9 heteroatoms. The van der Waals surface area contributed by atoms with Gasteiger partial charge in [0.1, 0.15) is 10.3 Å². The third-order valence-corrected chi connectivity index (χ3v) is 3.86. The van der Waals surface area contributed by atoms with Crippen molar-refractivity contribution in [2.45, 2.75) is 0 Å². The van der Waals surface area contributed by atoms with Gasteiger partial charge in [0.05, 0.1) is 20.3 Å². The van der Waals surface area contributed by atoms with Crippen LogP contribution in [0.15, 0.2) is 17.0 Å². The van der Waals surface area contributed by atoms with E-state index in [9.17, 15) is 4.79 Å². The van der Waals surface area contributed by atoms with Crippen LogP contribution in [0.25, 0.3) is 5.65 Å². The van der Waals surface area contributed by atoms with E-state index in [2.05, 4.69) is 30.8 Å². The number of halogens is 1. The van der Waals surface area contributed by atoms with Gasteiger partial charge in [0, 0.05) is 32.5 Å². The van der Waals surface area contributed by atoms with Gasteiger partial charge in [-0.15, -0.1) is 0 Å². The normalized spacial score (nSPS) is 15.3. The number of hydroxylamine groups is 2. The highest BCUT2D eigenvalue weighted by atomic mass is 79.9. The number of aromatic nitrogens is 3. The summed E-state index contributed by atoms with van der Waals surface area (Å²) in [5, 5.41) is 1.14. The minimum Gasteiger partial charge on any atom is -0.378 e. The number of rotatable bonds is 3. The van der Waals surface area contributed by atoms with Crippen molar-refractivity contribution in [3.8, 4) is 0 Å². The van der Waals surface area contributed by atoms with Crippen LogP contribution in [0.5, 0.6) is 0 Å². The van der Waals surface area contributed by atoms with Gasteiger partial charge in [-0.25, -0.2) is 15.0 Å². The molecule has 0 saturated carbocycles. The van der Waals surface area contributed by atoms with Gasteiger partial charge in [-0.1, -0.05) is 0 Å². The van der Waals surface area contributed by atoms with Crippen molar-refractivity contribution >= 4 is 33.3 Å². The third-order valence-electron chi connectivity index (χ3n) is 3.48. The first-order chi connectivity index (χ1) is 10.6. The zero-order chi connectivity index (χ0) is 15.7. The molecule has 1 saturated heterocycles. The van der Waals surface area contributed by atoms with E-state index in [0.717, 1.165) is 24.0 Å². The van der Waals surface area contributed by atoms with E-state index < -0.39 is 0 Å². The molecule has 1 aliphatic rings. The van der Waals surface area contributed by atoms with Crippen molar-refractivity contribution in [3.63, 3.8) is 0 Å². The van der Waals surface area contributed by atoms with E-state index in [1.165, 1.54) is 7.11 Å². The number of fused-ring (bicyclic) bond motifs is 1. The molecule has 3 rings (SSSR count). The maximum atomic E-state index is 12.2. The smallest absolute Gasteiger partial charge is 0.297 e. The summed E-state index contributed by atoms with van der Waals surface area (Å²) in [6, 6.07) is 0. The number of carbonyl (C=O) groups excluding carboxylic acids is 1. The standard InChI is InChI=1S/C13H16BrN5O3/c1-17(21-2)13(20)9-7-19-8-10(14)16-12(11(19)15-9)18-3-5-22-6-4-18/h7-8H,3-6H2,1-2H3. The molecular weight excluding hydrogens is 354 g/mol. The molecule has 1 fully saturated rings. The molecule has 2 aromatic rings. The average molecular weight is 370 g/mol. The van der Waals surface area contributed by atoms with Gasteiger partial charge in [-0.2, -0.15) is 0 Å². The number of amides is 1. The van der Waals surface area contributed by atoms with E-state index in [0.29, 0.717) is 29.2 Å². The summed E-state index contributed by atoms with van der Waals surface area (Å²) in [5.74, 6) is 0.423. The monoisotopic (exact) mass is 369 g/mol. The minimum absolute atomic E-state index is 0.304. The lowest BCUT2D eigenvalue weighted by molar-refractivity contribution is -0.0760. The zero-order valence-electron chi connectivity index (χ0n) is 12.3. The number of hydrogen-bond acceptors (Lipinski definition) is 6. The lowest BCUT2D eigenvalue weighted by Gasteiger charge is -2.27. The second kappa shape index (κ2) is 6.19. The SMILES string of the molecule is CON(C)C(=O)c1cn2cc(Br)nc(N3CCOCC3)c2n1. The molecule has 22 heavy (non-hydrogen) atoms. The first-order valence-corrected chi connectivity index (χ1v) is 7.59. The molecule has 2 aromatic heterocycles. The number of ether oxygens (including phenoxy) is 1. The van der Waals surface area contributed by atoms with Crippen LogP contribution in [0.2, 0.25) is 0 Å². The van der Waals surface area contributed by atoms with E-state index in [1.807, 2.05) is 0 Å². The van der Waals surface area contributed by atoms with E-state index in [1.54, 1.807) is 23.8 Å². The van der Waals surface area contributed by atoms with Crippen LogP contribution in [0, 0.1) is 0 Å². The summed E-state index contributed by atoms with van der Waals surface area (Å²) < 4.78 is 7.84. The summed E-state index contributed by atoms with van der Waals surface area (Å²) in [4.78, 5) is 28.1. The number of hydrogen-bond donors (Lipinski definition) is 0. The molecule has 0 radical (unpaired) electrons. The lowest BCUT2D eigenvalue weighted by Crippen LogP contribution is -2.37. The summed E-state index contributed by atoms with van der Waals surface area (Å²) in [6.07, 6.45) is 3.44. The van der Waals surface area contributed by atoms with Crippen LogP contribution >= 0.6 is 15.9 Å². The maximum absolute atomic E-state index is 12.2. The molecular formula is C13H16BrN5O3. The number of nitrogens with zero attached hydrogens (tertiary/aromatic N) is 5. The number of anilines is 1. The molecule has 0 unspecified atom stereocenters. The first kappa shape index (κ1) is 15.2. The largest absolute Gasteiger partial charge is 0.378 e. The Kier molecular flexibility index (Phi) is 4.27. The fourth-order valence-electron chi connectivity index (χ4n) is 2.29. The molecule has 0 atom stereocenters. The fourth-order valence-corrected chi connectivity index (χ4v) is 2.68. The van der Waals surface area contributed by atoms with Gasteiger partial charge >= 0.3 is 0 Å². The summed E-state index contributed by atoms with van der Waals surface area (Å²) in [6.45, 7) is 2.79. The maximum Gasteiger partial charge on any atom is 0.297 e. The fraction of sp³-hybridized carbons (Fsp3) is 0.462. The Morgan fingerprint density at radius 3 is 2.77 bits per heavy atom. The topological polar surface area (TPSA) is 72.2 Å². The predicted octanol–water partition coefficient (Wildman–Crippen LogP) is 0.962. The number of imidazole rings is 1. The van der Waals surface area contributed by atoms with Crippen molar-refractivity contribution in [1.82, 2.24) is 19.4 Å². The highest BCUT2D eigenvalue weighted by Gasteiger charge is 2.21. The molecule has 0 bridgehead atoms. The van der Waals surface area contributed by atoms with Crippen LogP contribution in [0.3, 0.4) is 0 Å². The first-order valence-electron chi connectivity index (χ1n) is 6.80. The Bertz CT molecular complexity index is 698. The summed E-state index contributed by atoms with van der Waals surface area (Å²) in [7, 11) is 2.98. The molecule has 0 spiro atoms. The van der Waals surface area contributed by atoms with E-state index in [-0.39, 0.29) is 5.91 Å². The zero-order valence-corrected chi connectivity index (χ0v) is 13.9. The quantitative estimate of drug-likeness (QED) is 0.750. The highest BCUT2D eigenvalue weighted by molar-refractivity contribution is 9.10. The second-order valence-corrected chi connectivity index (χ2v) is 5.64. The van der Waals surface area contributed by atoms with Gasteiger partial charge in [-0.3, -0.25) is 9.63 Å². The molecule has 0 N–H and O–H groups in total. The Balaban J connectivity index is 2.05. The van der Waals surface area contributed by atoms with Gasteiger partial charge in [-0.05, 0) is 15.9 Å². The molecule has 1 aliphatic heterocycles. The van der Waals surface area contributed by atoms with E-state index in [4.69, 9.17) is 9.57 Å². The van der Waals surface area contributed by atoms with Crippen molar-refractivity contribution in [2.24, 2.45) is 0 Å². The van der Waals surface area contributed by atoms with E-state index >= 15 is 0 Å². The second-order valence-electron chi connectivity index (χ2n) is 4.83. The lowest BCUT2D eigenvalue weighted by atomic mass is 10.4. The molecule has 0 aliphatic carbocycles. The summed E-state index contributed by atoms with van der Waals surface area (Å²) in [5.41, 5.74) is 0.941. The predicted molar refractivity (Wildman–Crippen MR) is 82.8 cm³/mol. The van der Waals surface area contributed by atoms with Crippen molar-refractivity contribution in [1.29, 1.82) is 0 Å². The van der Waals surface area contributed by atoms with Crippen molar-refractivity contribution in [3.05, 3.63) is 22.7 Å². The average Bonchev–Trinajstić information content (AvgIpc) is 2.97. The highest BCUT2D eigenvalue weighted by Crippen LogP contribution is 2.23. The molecule has 1 amide bonds. The molecule has 118 valence electrons. The minimum atomic E-state index is -0.310. The van der Waals surface area contributed by atoms with Crippen LogP contribution in [-0.2, 0) is 9.57 Å². The molecule has 8 nitrogen and oxygen atoms in total. The Hall–Kier alpha value is -1.71. The van der Waals surface area contributed by atoms with Crippen LogP contribution in [0.1, 0.15) is 10.5 Å². The van der Waals surface area contributed by atoms with Crippen LogP contribution in [-0.4, -0.2) is 65.8 Å². The van der Waals surface area contributed by atoms with Crippen LogP contribution in [0.4, 0.5) is 5.82 Å². The number of morpholine rings is 1. The summed E-state index contributed by atoms with van der Waals surface area (Å²) >= 11 is 3.40. The Morgan fingerprint density at radius 2 is 2.09 bits per heavy atom. The molecule has 0 aromatic carbocycles. The van der Waals surface area contributed by atoms with Crippen LogP contribution < -0.4 is 4.90 Å². The van der Waals surface area contributed by atoms with Crippen molar-refractivity contribution in [2.75, 3.05) is 45.4 Å². The van der Waals surface area contributed by atoms with Crippen molar-refractivity contribution < 1.29 is 14.4 Å². The van der Waals surface area contributed by atoms with Gasteiger partial charge < -0.3 is 14.0 Å². The Morgan fingerprint density at radius 1 is 1.36 bits per heavy atom. The number of carbonyl (C=O) groups is 1. The molecule has 3 heterocycles.